The zero-order chi connectivity index (χ0) is 19.8. The number of nitrogens with zero attached hydrogens (tertiary/aromatic N) is 4. The lowest BCUT2D eigenvalue weighted by Crippen LogP contribution is -2.49. The van der Waals surface area contributed by atoms with E-state index in [2.05, 4.69) is 22.4 Å². The number of anilines is 1. The molecule has 1 aliphatic heterocycles. The molecule has 1 aliphatic rings. The molecule has 0 spiro atoms. The van der Waals surface area contributed by atoms with Crippen LogP contribution in [0.2, 0.25) is 0 Å². The van der Waals surface area contributed by atoms with E-state index in [0.29, 0.717) is 18.7 Å². The van der Waals surface area contributed by atoms with Crippen LogP contribution in [0.4, 0.5) is 5.69 Å². The molecular weight excluding hydrogens is 348 g/mol. The van der Waals surface area contributed by atoms with Gasteiger partial charge in [-0.25, -0.2) is 0 Å². The Kier molecular flexibility index (Phi) is 6.96. The van der Waals surface area contributed by atoms with E-state index in [-0.39, 0.29) is 5.91 Å². The molecule has 3 rings (SSSR count). The fourth-order valence-corrected chi connectivity index (χ4v) is 3.41. The summed E-state index contributed by atoms with van der Waals surface area (Å²) in [5.74, 6) is 0.103. The number of hydrogen-bond donors (Lipinski definition) is 0. The van der Waals surface area contributed by atoms with Gasteiger partial charge in [-0.3, -0.25) is 14.6 Å². The maximum atomic E-state index is 12.8. The summed E-state index contributed by atoms with van der Waals surface area (Å²) in [6.07, 6.45) is 1.76. The third-order valence-electron chi connectivity index (χ3n) is 4.99. The van der Waals surface area contributed by atoms with Crippen molar-refractivity contribution in [1.82, 2.24) is 9.80 Å². The van der Waals surface area contributed by atoms with Crippen LogP contribution in [0.25, 0.3) is 0 Å². The van der Waals surface area contributed by atoms with Gasteiger partial charge >= 0.3 is 0 Å². The van der Waals surface area contributed by atoms with Crippen molar-refractivity contribution >= 4 is 11.6 Å². The van der Waals surface area contributed by atoms with Crippen LogP contribution in [0.3, 0.4) is 0 Å². The maximum Gasteiger partial charge on any atom is 0.241 e. The molecule has 144 valence electrons. The summed E-state index contributed by atoms with van der Waals surface area (Å²) < 4.78 is 0. The lowest BCUT2D eigenvalue weighted by Gasteiger charge is -2.35. The van der Waals surface area contributed by atoms with Crippen LogP contribution in [-0.4, -0.2) is 55.0 Å². The molecule has 1 fully saturated rings. The number of piperazine rings is 1. The van der Waals surface area contributed by atoms with Gasteiger partial charge in [0, 0.05) is 45.0 Å². The zero-order valence-electron chi connectivity index (χ0n) is 16.1. The van der Waals surface area contributed by atoms with Gasteiger partial charge in [-0.1, -0.05) is 36.4 Å². The summed E-state index contributed by atoms with van der Waals surface area (Å²) >= 11 is 0. The van der Waals surface area contributed by atoms with Crippen molar-refractivity contribution in [1.29, 1.82) is 5.26 Å². The number of rotatable bonds is 7. The smallest absolute Gasteiger partial charge is 0.241 e. The number of nitriles is 1. The van der Waals surface area contributed by atoms with Crippen molar-refractivity contribution in [2.75, 3.05) is 44.2 Å². The normalized spacial score (nSPS) is 15.0. The molecule has 0 atom stereocenters. The third-order valence-corrected chi connectivity index (χ3v) is 4.99. The first-order chi connectivity index (χ1) is 13.7. The lowest BCUT2D eigenvalue weighted by molar-refractivity contribution is -0.120. The SMILES string of the molecule is C=CCN(C(=O)CN1CCN(Cc2ccc(C#N)cc2)CC1)c1ccccc1. The number of carbonyl (C=O) groups excluding carboxylic acids is 1. The summed E-state index contributed by atoms with van der Waals surface area (Å²) in [5.41, 5.74) is 2.81. The van der Waals surface area contributed by atoms with Crippen molar-refractivity contribution in [3.63, 3.8) is 0 Å². The second-order valence-electron chi connectivity index (χ2n) is 6.99. The predicted octanol–water partition coefficient (Wildman–Crippen LogP) is 2.90. The molecule has 5 heteroatoms. The summed E-state index contributed by atoms with van der Waals surface area (Å²) in [4.78, 5) is 19.2. The Hall–Kier alpha value is -2.94. The molecule has 1 amide bonds. The Morgan fingerprint density at radius 3 is 2.29 bits per heavy atom. The largest absolute Gasteiger partial charge is 0.308 e. The summed E-state index contributed by atoms with van der Waals surface area (Å²) in [6.45, 7) is 9.21. The van der Waals surface area contributed by atoms with Crippen LogP contribution >= 0.6 is 0 Å². The molecule has 0 aliphatic carbocycles. The molecule has 5 nitrogen and oxygen atoms in total. The van der Waals surface area contributed by atoms with Crippen LogP contribution in [0.5, 0.6) is 0 Å². The van der Waals surface area contributed by atoms with E-state index >= 15 is 0 Å². The van der Waals surface area contributed by atoms with Crippen molar-refractivity contribution in [2.24, 2.45) is 0 Å². The van der Waals surface area contributed by atoms with E-state index in [1.165, 1.54) is 5.56 Å². The van der Waals surface area contributed by atoms with Gasteiger partial charge in [-0.15, -0.1) is 6.58 Å². The minimum atomic E-state index is 0.103. The standard InChI is InChI=1S/C23H26N4O/c1-2-12-27(22-6-4-3-5-7-22)23(28)19-26-15-13-25(14-16-26)18-21-10-8-20(17-24)9-11-21/h2-11H,1,12-16,18-19H2. The van der Waals surface area contributed by atoms with E-state index in [1.54, 1.807) is 11.0 Å². The Bertz CT molecular complexity index is 818. The Labute approximate surface area is 167 Å². The summed E-state index contributed by atoms with van der Waals surface area (Å²) in [6, 6.07) is 19.7. The van der Waals surface area contributed by atoms with E-state index in [9.17, 15) is 4.79 Å². The van der Waals surface area contributed by atoms with Crippen molar-refractivity contribution in [3.8, 4) is 6.07 Å². The van der Waals surface area contributed by atoms with Crippen molar-refractivity contribution in [2.45, 2.75) is 6.54 Å². The fourth-order valence-electron chi connectivity index (χ4n) is 3.41. The fraction of sp³-hybridized carbons (Fsp3) is 0.304. The second kappa shape index (κ2) is 9.84. The highest BCUT2D eigenvalue weighted by Gasteiger charge is 2.22. The van der Waals surface area contributed by atoms with Crippen LogP contribution in [0.15, 0.2) is 67.3 Å². The first kappa shape index (κ1) is 19.8. The highest BCUT2D eigenvalue weighted by atomic mass is 16.2. The molecule has 2 aromatic carbocycles. The molecule has 0 N–H and O–H groups in total. The van der Waals surface area contributed by atoms with Gasteiger partial charge in [0.1, 0.15) is 0 Å². The average Bonchev–Trinajstić information content (AvgIpc) is 2.74. The molecule has 1 heterocycles. The van der Waals surface area contributed by atoms with Crippen LogP contribution in [-0.2, 0) is 11.3 Å². The number of benzene rings is 2. The molecule has 28 heavy (non-hydrogen) atoms. The Morgan fingerprint density at radius 1 is 1.04 bits per heavy atom. The van der Waals surface area contributed by atoms with Gasteiger partial charge in [-0.2, -0.15) is 5.26 Å². The monoisotopic (exact) mass is 374 g/mol. The van der Waals surface area contributed by atoms with Gasteiger partial charge in [0.15, 0.2) is 0 Å². The van der Waals surface area contributed by atoms with Crippen LogP contribution in [0.1, 0.15) is 11.1 Å². The molecule has 1 saturated heterocycles. The number of para-hydroxylation sites is 1. The molecule has 2 aromatic rings. The van der Waals surface area contributed by atoms with Gasteiger partial charge in [0.2, 0.25) is 5.91 Å². The highest BCUT2D eigenvalue weighted by molar-refractivity contribution is 5.95. The van der Waals surface area contributed by atoms with Crippen molar-refractivity contribution in [3.05, 3.63) is 78.4 Å². The predicted molar refractivity (Wildman–Crippen MR) is 112 cm³/mol. The topological polar surface area (TPSA) is 50.6 Å². The first-order valence-corrected chi connectivity index (χ1v) is 9.59. The summed E-state index contributed by atoms with van der Waals surface area (Å²) in [5, 5.41) is 8.89. The number of carbonyl (C=O) groups is 1. The molecule has 0 saturated carbocycles. The molecule has 0 aromatic heterocycles. The quantitative estimate of drug-likeness (QED) is 0.700. The number of amides is 1. The lowest BCUT2D eigenvalue weighted by atomic mass is 10.1. The average molecular weight is 374 g/mol. The second-order valence-corrected chi connectivity index (χ2v) is 6.99. The van der Waals surface area contributed by atoms with Crippen LogP contribution in [0, 0.1) is 11.3 Å². The van der Waals surface area contributed by atoms with Gasteiger partial charge < -0.3 is 4.90 Å². The first-order valence-electron chi connectivity index (χ1n) is 9.59. The van der Waals surface area contributed by atoms with Gasteiger partial charge in [0.25, 0.3) is 0 Å². The highest BCUT2D eigenvalue weighted by Crippen LogP contribution is 2.15. The summed E-state index contributed by atoms with van der Waals surface area (Å²) in [7, 11) is 0. The minimum Gasteiger partial charge on any atom is -0.308 e. The molecule has 0 bridgehead atoms. The molecular formula is C23H26N4O. The van der Waals surface area contributed by atoms with Gasteiger partial charge in [-0.05, 0) is 29.8 Å². The van der Waals surface area contributed by atoms with Gasteiger partial charge in [0.05, 0.1) is 18.2 Å². The zero-order valence-corrected chi connectivity index (χ0v) is 16.1. The number of hydrogen-bond acceptors (Lipinski definition) is 4. The van der Waals surface area contributed by atoms with Crippen LogP contribution < -0.4 is 4.90 Å². The minimum absolute atomic E-state index is 0.103. The van der Waals surface area contributed by atoms with E-state index in [1.807, 2.05) is 54.6 Å². The third kappa shape index (κ3) is 5.29. The Balaban J connectivity index is 1.50. The Morgan fingerprint density at radius 2 is 1.68 bits per heavy atom. The van der Waals surface area contributed by atoms with Crippen molar-refractivity contribution < 1.29 is 4.79 Å². The van der Waals surface area contributed by atoms with E-state index < -0.39 is 0 Å². The molecule has 0 unspecified atom stereocenters. The van der Waals surface area contributed by atoms with E-state index in [0.717, 1.165) is 38.4 Å². The maximum absolute atomic E-state index is 12.8. The molecule has 0 radical (unpaired) electrons. The van der Waals surface area contributed by atoms with E-state index in [4.69, 9.17) is 5.26 Å².